The summed E-state index contributed by atoms with van der Waals surface area (Å²) >= 11 is 1.82. The van der Waals surface area contributed by atoms with E-state index in [-0.39, 0.29) is 11.5 Å². The minimum Gasteiger partial charge on any atom is -0.298 e. The summed E-state index contributed by atoms with van der Waals surface area (Å²) in [5.74, 6) is -0.898. The Balaban J connectivity index is 1.57. The van der Waals surface area contributed by atoms with Crippen LogP contribution in [0.3, 0.4) is 0 Å². The number of aromatic nitrogens is 2. The molecule has 0 aliphatic carbocycles. The van der Waals surface area contributed by atoms with Gasteiger partial charge >= 0.3 is 0 Å². The molecule has 1 N–H and O–H groups in total. The third-order valence-corrected chi connectivity index (χ3v) is 5.98. The molecule has 26 heavy (non-hydrogen) atoms. The van der Waals surface area contributed by atoms with Crippen LogP contribution in [0.2, 0.25) is 0 Å². The number of hydrogen-bond acceptors (Lipinski definition) is 3. The molecule has 3 heterocycles. The maximum Gasteiger partial charge on any atom is 0.134 e. The highest BCUT2D eigenvalue weighted by Gasteiger charge is 2.27. The van der Waals surface area contributed by atoms with E-state index >= 15 is 0 Å². The summed E-state index contributed by atoms with van der Waals surface area (Å²) in [5, 5.41) is 7.10. The van der Waals surface area contributed by atoms with Gasteiger partial charge in [0.05, 0.1) is 11.8 Å². The van der Waals surface area contributed by atoms with Crippen molar-refractivity contribution in [2.75, 3.05) is 13.1 Å². The van der Waals surface area contributed by atoms with Gasteiger partial charge in [0.1, 0.15) is 11.6 Å². The van der Waals surface area contributed by atoms with Gasteiger partial charge in [-0.1, -0.05) is 6.07 Å². The minimum atomic E-state index is -0.547. The number of piperidine rings is 1. The molecule has 1 unspecified atom stereocenters. The predicted octanol–water partition coefficient (Wildman–Crippen LogP) is 5.10. The molecule has 0 saturated carbocycles. The normalized spacial score (nSPS) is 18.3. The Bertz CT molecular complexity index is 882. The fourth-order valence-electron chi connectivity index (χ4n) is 3.79. The number of aryl methyl sites for hydroxylation is 1. The number of rotatable bonds is 4. The number of likely N-dealkylation sites (tertiary alicyclic amines) is 1. The SMILES string of the molecule is Cc1ccc(CN2CCCC(c3[nH]ncc3-c3c(F)cccc3F)C2)s1. The first kappa shape index (κ1) is 17.4. The van der Waals surface area contributed by atoms with Gasteiger partial charge in [0.15, 0.2) is 0 Å². The number of halogens is 2. The molecule has 0 bridgehead atoms. The van der Waals surface area contributed by atoms with E-state index in [0.29, 0.717) is 5.56 Å². The molecule has 6 heteroatoms. The van der Waals surface area contributed by atoms with Crippen molar-refractivity contribution in [2.24, 2.45) is 0 Å². The fourth-order valence-corrected chi connectivity index (χ4v) is 4.72. The first-order chi connectivity index (χ1) is 12.6. The predicted molar refractivity (Wildman–Crippen MR) is 100 cm³/mol. The lowest BCUT2D eigenvalue weighted by Crippen LogP contribution is -2.34. The third-order valence-electron chi connectivity index (χ3n) is 4.99. The highest BCUT2D eigenvalue weighted by atomic mass is 32.1. The molecule has 0 radical (unpaired) electrons. The van der Waals surface area contributed by atoms with E-state index in [1.165, 1.54) is 28.0 Å². The van der Waals surface area contributed by atoms with Gasteiger partial charge in [0, 0.05) is 40.0 Å². The Hall–Kier alpha value is -2.05. The molecule has 4 rings (SSSR count). The van der Waals surface area contributed by atoms with Crippen LogP contribution in [-0.4, -0.2) is 28.2 Å². The molecule has 2 aromatic heterocycles. The Kier molecular flexibility index (Phi) is 4.87. The van der Waals surface area contributed by atoms with E-state index in [0.717, 1.165) is 38.2 Å². The van der Waals surface area contributed by atoms with Gasteiger partial charge < -0.3 is 0 Å². The molecule has 3 aromatic rings. The molecule has 1 fully saturated rings. The summed E-state index contributed by atoms with van der Waals surface area (Å²) in [4.78, 5) is 5.09. The largest absolute Gasteiger partial charge is 0.298 e. The Labute approximate surface area is 155 Å². The lowest BCUT2D eigenvalue weighted by molar-refractivity contribution is 0.200. The molecule has 1 aliphatic heterocycles. The number of aromatic amines is 1. The first-order valence-corrected chi connectivity index (χ1v) is 9.69. The Morgan fingerprint density at radius 1 is 1.23 bits per heavy atom. The number of benzene rings is 1. The number of nitrogens with zero attached hydrogens (tertiary/aromatic N) is 2. The van der Waals surface area contributed by atoms with Gasteiger partial charge in [-0.15, -0.1) is 11.3 Å². The summed E-state index contributed by atoms with van der Waals surface area (Å²) in [6, 6.07) is 8.30. The average molecular weight is 373 g/mol. The quantitative estimate of drug-likeness (QED) is 0.690. The fraction of sp³-hybridized carbons (Fsp3) is 0.350. The Morgan fingerprint density at radius 2 is 2.04 bits per heavy atom. The third kappa shape index (κ3) is 3.44. The zero-order chi connectivity index (χ0) is 18.1. The van der Waals surface area contributed by atoms with Crippen LogP contribution in [0, 0.1) is 18.6 Å². The summed E-state index contributed by atoms with van der Waals surface area (Å²) < 4.78 is 28.5. The van der Waals surface area contributed by atoms with Gasteiger partial charge in [-0.05, 0) is 50.6 Å². The molecule has 0 spiro atoms. The van der Waals surface area contributed by atoms with Crippen molar-refractivity contribution in [3.63, 3.8) is 0 Å². The zero-order valence-corrected chi connectivity index (χ0v) is 15.5. The van der Waals surface area contributed by atoms with Crippen LogP contribution < -0.4 is 0 Å². The zero-order valence-electron chi connectivity index (χ0n) is 14.6. The molecule has 1 atom stereocenters. The highest BCUT2D eigenvalue weighted by Crippen LogP contribution is 2.35. The van der Waals surface area contributed by atoms with Gasteiger partial charge in [0.25, 0.3) is 0 Å². The lowest BCUT2D eigenvalue weighted by Gasteiger charge is -2.32. The van der Waals surface area contributed by atoms with Crippen molar-refractivity contribution < 1.29 is 8.78 Å². The molecule has 1 aromatic carbocycles. The van der Waals surface area contributed by atoms with Gasteiger partial charge in [0.2, 0.25) is 0 Å². The van der Waals surface area contributed by atoms with Gasteiger partial charge in [-0.3, -0.25) is 10.00 Å². The van der Waals surface area contributed by atoms with Gasteiger partial charge in [-0.2, -0.15) is 5.10 Å². The molecule has 1 saturated heterocycles. The number of nitrogens with one attached hydrogen (secondary N) is 1. The van der Waals surface area contributed by atoms with E-state index < -0.39 is 11.6 Å². The second kappa shape index (κ2) is 7.29. The van der Waals surface area contributed by atoms with E-state index in [9.17, 15) is 8.78 Å². The number of hydrogen-bond donors (Lipinski definition) is 1. The number of thiophene rings is 1. The number of H-pyrrole nitrogens is 1. The molecule has 136 valence electrons. The highest BCUT2D eigenvalue weighted by molar-refractivity contribution is 7.11. The van der Waals surface area contributed by atoms with Crippen molar-refractivity contribution in [3.05, 3.63) is 63.6 Å². The standard InChI is InChI=1S/C20H21F2N3S/c1-13-7-8-15(26-13)12-25-9-3-4-14(11-25)20-16(10-23-24-20)19-17(21)5-2-6-18(19)22/h2,5-8,10,14H,3-4,9,11-12H2,1H3,(H,23,24). The maximum absolute atomic E-state index is 14.2. The Morgan fingerprint density at radius 3 is 2.77 bits per heavy atom. The van der Waals surface area contributed by atoms with Crippen molar-refractivity contribution in [1.82, 2.24) is 15.1 Å². The second-order valence-electron chi connectivity index (χ2n) is 6.88. The van der Waals surface area contributed by atoms with Crippen LogP contribution in [0.15, 0.2) is 36.5 Å². The van der Waals surface area contributed by atoms with Crippen LogP contribution in [0.1, 0.15) is 34.2 Å². The van der Waals surface area contributed by atoms with Crippen LogP contribution in [0.25, 0.3) is 11.1 Å². The van der Waals surface area contributed by atoms with Crippen molar-refractivity contribution in [1.29, 1.82) is 0 Å². The van der Waals surface area contributed by atoms with Crippen LogP contribution in [-0.2, 0) is 6.54 Å². The van der Waals surface area contributed by atoms with E-state index in [1.807, 2.05) is 11.3 Å². The molecule has 0 amide bonds. The summed E-state index contributed by atoms with van der Waals surface area (Å²) in [7, 11) is 0. The van der Waals surface area contributed by atoms with Crippen LogP contribution in [0.4, 0.5) is 8.78 Å². The van der Waals surface area contributed by atoms with Crippen molar-refractivity contribution in [2.45, 2.75) is 32.2 Å². The van der Waals surface area contributed by atoms with Crippen LogP contribution in [0.5, 0.6) is 0 Å². The van der Waals surface area contributed by atoms with E-state index in [4.69, 9.17) is 0 Å². The van der Waals surface area contributed by atoms with Crippen molar-refractivity contribution in [3.8, 4) is 11.1 Å². The lowest BCUT2D eigenvalue weighted by atomic mass is 9.90. The average Bonchev–Trinajstić information content (AvgIpc) is 3.24. The summed E-state index contributed by atoms with van der Waals surface area (Å²) in [5.41, 5.74) is 1.39. The molecular weight excluding hydrogens is 352 g/mol. The van der Waals surface area contributed by atoms with Crippen molar-refractivity contribution >= 4 is 11.3 Å². The second-order valence-corrected chi connectivity index (χ2v) is 8.25. The molecule has 3 nitrogen and oxygen atoms in total. The summed E-state index contributed by atoms with van der Waals surface area (Å²) in [6.07, 6.45) is 3.59. The first-order valence-electron chi connectivity index (χ1n) is 8.87. The van der Waals surface area contributed by atoms with Gasteiger partial charge in [-0.25, -0.2) is 8.78 Å². The van der Waals surface area contributed by atoms with Crippen LogP contribution >= 0.6 is 11.3 Å². The summed E-state index contributed by atoms with van der Waals surface area (Å²) in [6.45, 7) is 4.95. The maximum atomic E-state index is 14.2. The smallest absolute Gasteiger partial charge is 0.134 e. The molecular formula is C20H21F2N3S. The topological polar surface area (TPSA) is 31.9 Å². The molecule has 1 aliphatic rings. The monoisotopic (exact) mass is 373 g/mol. The van der Waals surface area contributed by atoms with E-state index in [1.54, 1.807) is 6.20 Å². The minimum absolute atomic E-state index is 0.0160. The van der Waals surface area contributed by atoms with E-state index in [2.05, 4.69) is 34.2 Å².